The number of urea groups is 1. The van der Waals surface area contributed by atoms with Crippen LogP contribution in [0, 0.1) is 5.92 Å². The highest BCUT2D eigenvalue weighted by atomic mass is 32.2. The number of carbonyl (C=O) groups excluding carboxylic acids is 2. The minimum atomic E-state index is -0.349. The summed E-state index contributed by atoms with van der Waals surface area (Å²) in [5.41, 5.74) is 1.67. The number of hydrogen-bond donors (Lipinski definition) is 3. The van der Waals surface area contributed by atoms with Gasteiger partial charge in [-0.05, 0) is 45.4 Å². The number of allylic oxidation sites excluding steroid dienone is 1. The molecule has 0 saturated heterocycles. The molecule has 0 aromatic carbocycles. The number of thioether (sulfide) groups is 1. The number of H-pyrrole nitrogens is 1. The molecular weight excluding hydrogens is 560 g/mol. The van der Waals surface area contributed by atoms with E-state index in [4.69, 9.17) is 9.47 Å². The van der Waals surface area contributed by atoms with Gasteiger partial charge in [0.2, 0.25) is 0 Å². The molecule has 0 atom stereocenters. The number of carbonyl (C=O) groups is 2. The van der Waals surface area contributed by atoms with Gasteiger partial charge in [-0.1, -0.05) is 34.4 Å². The van der Waals surface area contributed by atoms with E-state index >= 15 is 0 Å². The second-order valence-corrected chi connectivity index (χ2v) is 10.8. The zero-order valence-electron chi connectivity index (χ0n) is 25.5. The summed E-state index contributed by atoms with van der Waals surface area (Å²) in [7, 11) is 3.12. The van der Waals surface area contributed by atoms with Gasteiger partial charge in [0.25, 0.3) is 11.5 Å². The van der Waals surface area contributed by atoms with E-state index in [1.165, 1.54) is 21.2 Å². The van der Waals surface area contributed by atoms with Gasteiger partial charge in [-0.25, -0.2) is 9.59 Å². The van der Waals surface area contributed by atoms with Crippen LogP contribution in [0.15, 0.2) is 68.9 Å². The Morgan fingerprint density at radius 3 is 2.02 bits per heavy atom. The van der Waals surface area contributed by atoms with Crippen molar-refractivity contribution >= 4 is 23.7 Å². The summed E-state index contributed by atoms with van der Waals surface area (Å²) in [6.07, 6.45) is 6.97. The number of ether oxygens (including phenoxy) is 2. The van der Waals surface area contributed by atoms with Crippen molar-refractivity contribution in [3.63, 3.8) is 0 Å². The molecule has 0 radical (unpaired) electrons. The Hall–Kier alpha value is -3.55. The number of hydrogen-bond acceptors (Lipinski definition) is 8. The van der Waals surface area contributed by atoms with Crippen molar-refractivity contribution in [3.8, 4) is 0 Å². The number of amides is 3. The van der Waals surface area contributed by atoms with Gasteiger partial charge >= 0.3 is 11.7 Å². The molecule has 2 aliphatic heterocycles. The Morgan fingerprint density at radius 2 is 1.55 bits per heavy atom. The lowest BCUT2D eigenvalue weighted by Crippen LogP contribution is -2.41. The lowest BCUT2D eigenvalue weighted by atomic mass is 10.0. The molecule has 42 heavy (non-hydrogen) atoms. The molecule has 12 nitrogen and oxygen atoms in total. The zero-order chi connectivity index (χ0) is 31.4. The number of aromatic amines is 1. The van der Waals surface area contributed by atoms with Gasteiger partial charge in [-0.2, -0.15) is 0 Å². The Kier molecular flexibility index (Phi) is 16.6. The molecule has 1 aromatic heterocycles. The number of rotatable bonds is 8. The van der Waals surface area contributed by atoms with Crippen LogP contribution in [0.1, 0.15) is 55.0 Å². The van der Waals surface area contributed by atoms with Gasteiger partial charge in [0, 0.05) is 50.6 Å². The highest BCUT2D eigenvalue weighted by Crippen LogP contribution is 2.21. The summed E-state index contributed by atoms with van der Waals surface area (Å²) >= 11 is 1.33. The van der Waals surface area contributed by atoms with Crippen molar-refractivity contribution in [2.45, 2.75) is 65.9 Å². The first-order valence-corrected chi connectivity index (χ1v) is 14.3. The minimum absolute atomic E-state index is 0. The first-order chi connectivity index (χ1) is 19.2. The maximum Gasteiger partial charge on any atom is 0.328 e. The van der Waals surface area contributed by atoms with Crippen molar-refractivity contribution in [1.82, 2.24) is 30.0 Å². The molecule has 0 bridgehead atoms. The highest BCUT2D eigenvalue weighted by molar-refractivity contribution is 7.98. The van der Waals surface area contributed by atoms with E-state index in [9.17, 15) is 19.2 Å². The first-order valence-electron chi connectivity index (χ1n) is 13.0. The van der Waals surface area contributed by atoms with Crippen LogP contribution < -0.4 is 21.9 Å². The first kappa shape index (κ1) is 38.5. The Bertz CT molecular complexity index is 1280. The zero-order valence-corrected chi connectivity index (χ0v) is 26.3. The van der Waals surface area contributed by atoms with Gasteiger partial charge in [0.05, 0.1) is 17.1 Å². The van der Waals surface area contributed by atoms with Gasteiger partial charge in [-0.15, -0.1) is 11.8 Å². The summed E-state index contributed by atoms with van der Waals surface area (Å²) < 4.78 is 11.3. The maximum absolute atomic E-state index is 11.4. The molecule has 3 amide bonds. The lowest BCUT2D eigenvalue weighted by molar-refractivity contribution is -0.118. The Labute approximate surface area is 253 Å². The summed E-state index contributed by atoms with van der Waals surface area (Å²) in [5, 5.41) is 5.38. The topological polar surface area (TPSA) is 138 Å². The fourth-order valence-corrected chi connectivity index (χ4v) is 4.06. The molecule has 236 valence electrons. The molecule has 3 rings (SSSR count). The third kappa shape index (κ3) is 11.0. The summed E-state index contributed by atoms with van der Waals surface area (Å²) in [6.45, 7) is 20.1. The van der Waals surface area contributed by atoms with E-state index in [1.807, 2.05) is 32.6 Å². The smallest absolute Gasteiger partial charge is 0.328 e. The van der Waals surface area contributed by atoms with Crippen LogP contribution in [0.25, 0.3) is 0 Å². The molecule has 3 heterocycles. The Balaban J connectivity index is 0.000000594. The maximum atomic E-state index is 11.4. The summed E-state index contributed by atoms with van der Waals surface area (Å²) in [5.74, 6) is 0.820. The summed E-state index contributed by atoms with van der Waals surface area (Å²) in [6, 6.07) is 0.145. The van der Waals surface area contributed by atoms with Crippen molar-refractivity contribution in [3.05, 3.63) is 75.3 Å². The van der Waals surface area contributed by atoms with Crippen molar-refractivity contribution in [2.24, 2.45) is 5.92 Å². The van der Waals surface area contributed by atoms with Gasteiger partial charge in [0.1, 0.15) is 12.6 Å². The molecule has 0 unspecified atom stereocenters. The second kappa shape index (κ2) is 18.1. The fraction of sp³-hybridized carbons (Fsp3) is 0.517. The molecule has 0 spiro atoms. The van der Waals surface area contributed by atoms with Crippen LogP contribution >= 0.6 is 11.8 Å². The number of nitrogens with one attached hydrogen (secondary N) is 3. The quantitative estimate of drug-likeness (QED) is 0.377. The van der Waals surface area contributed by atoms with E-state index in [0.717, 1.165) is 5.57 Å². The van der Waals surface area contributed by atoms with Crippen LogP contribution in [0.4, 0.5) is 4.79 Å². The van der Waals surface area contributed by atoms with Crippen LogP contribution in [0.3, 0.4) is 0 Å². The molecule has 0 fully saturated rings. The molecule has 13 heteroatoms. The Morgan fingerprint density at radius 1 is 0.929 bits per heavy atom. The normalized spacial score (nSPS) is 14.8. The molecule has 3 N–H and O–H groups in total. The minimum Gasteiger partial charge on any atom is -0.380 e. The monoisotopic (exact) mass is 608 g/mol. The third-order valence-corrected chi connectivity index (χ3v) is 6.51. The standard InChI is InChI=1S/2C10H16N2O2.C8H12N2O2S.CH4/c1-7(2)9-5-12(6-14-4)10(13)11-8(9)3;1-7(2)12-5-9(6-14-4)10(13)11-8(12)3;1-5(2)10-4-6(13-3)7(11)9-8(10)12;/h2*5,7H,3,6H2,1-2,4H3,(H,11,13);4-5H,1-3H3,(H,9,11,12);1H4. The number of aromatic nitrogens is 2. The lowest BCUT2D eigenvalue weighted by Gasteiger charge is -2.31. The molecule has 0 aliphatic carbocycles. The van der Waals surface area contributed by atoms with Crippen LogP contribution in [-0.2, 0) is 14.3 Å². The van der Waals surface area contributed by atoms with Crippen molar-refractivity contribution in [1.29, 1.82) is 0 Å². The fourth-order valence-electron chi connectivity index (χ4n) is 3.61. The molecule has 0 saturated carbocycles. The molecular formula is C29H48N6O6S. The van der Waals surface area contributed by atoms with E-state index in [1.54, 1.807) is 39.1 Å². The largest absolute Gasteiger partial charge is 0.380 e. The predicted molar refractivity (Wildman–Crippen MR) is 169 cm³/mol. The SMILES string of the molecule is C.C=C1NC(=O)C(COC)=CN1C(C)C.C=C1NC(=O)N(COC)C=C1C(C)C.CSc1cn(C(C)C)c(=O)[nH]c1=O. The van der Waals surface area contributed by atoms with E-state index < -0.39 is 0 Å². The molecule has 2 aliphatic rings. The van der Waals surface area contributed by atoms with Gasteiger partial charge in [-0.3, -0.25) is 24.0 Å². The van der Waals surface area contributed by atoms with Crippen LogP contribution in [0.2, 0.25) is 0 Å². The highest BCUT2D eigenvalue weighted by Gasteiger charge is 2.23. The number of methoxy groups -OCH3 is 2. The van der Waals surface area contributed by atoms with E-state index in [0.29, 0.717) is 34.5 Å². The van der Waals surface area contributed by atoms with E-state index in [2.05, 4.69) is 42.6 Å². The second-order valence-electron chi connectivity index (χ2n) is 9.98. The molecule has 1 aromatic rings. The number of nitrogens with zero attached hydrogens (tertiary/aromatic N) is 3. The average Bonchev–Trinajstić information content (AvgIpc) is 2.87. The van der Waals surface area contributed by atoms with Crippen LogP contribution in [0.5, 0.6) is 0 Å². The van der Waals surface area contributed by atoms with Crippen molar-refractivity contribution < 1.29 is 19.1 Å². The predicted octanol–water partition coefficient (Wildman–Crippen LogP) is 3.97. The van der Waals surface area contributed by atoms with E-state index in [-0.39, 0.29) is 49.4 Å². The van der Waals surface area contributed by atoms with Crippen molar-refractivity contribution in [2.75, 3.05) is 33.8 Å². The van der Waals surface area contributed by atoms with Gasteiger partial charge < -0.3 is 25.0 Å². The summed E-state index contributed by atoms with van der Waals surface area (Å²) in [4.78, 5) is 51.4. The average molecular weight is 609 g/mol. The van der Waals surface area contributed by atoms with Crippen LogP contribution in [-0.4, -0.2) is 71.1 Å². The third-order valence-electron chi connectivity index (χ3n) is 5.78. The van der Waals surface area contributed by atoms with Gasteiger partial charge in [0.15, 0.2) is 0 Å².